The van der Waals surface area contributed by atoms with Crippen molar-refractivity contribution in [1.82, 2.24) is 14.9 Å². The summed E-state index contributed by atoms with van der Waals surface area (Å²) < 4.78 is 0. The zero-order chi connectivity index (χ0) is 16.9. The molecule has 7 heteroatoms. The number of nitrogens with one attached hydrogen (secondary N) is 2. The molecule has 0 saturated carbocycles. The van der Waals surface area contributed by atoms with E-state index >= 15 is 0 Å². The van der Waals surface area contributed by atoms with E-state index < -0.39 is 0 Å². The molecule has 2 N–H and O–H groups in total. The van der Waals surface area contributed by atoms with Crippen LogP contribution in [0.1, 0.15) is 13.3 Å². The first-order valence-electron chi connectivity index (χ1n) is 7.88. The summed E-state index contributed by atoms with van der Waals surface area (Å²) in [6.07, 6.45) is 3.60. The zero-order valence-electron chi connectivity index (χ0n) is 13.4. The Morgan fingerprint density at radius 2 is 1.88 bits per heavy atom. The first-order chi connectivity index (χ1) is 11.7. The number of hydrogen-bond donors (Lipinski definition) is 2. The van der Waals surface area contributed by atoms with Crippen molar-refractivity contribution < 1.29 is 9.59 Å². The summed E-state index contributed by atoms with van der Waals surface area (Å²) in [5, 5.41) is 5.94. The van der Waals surface area contributed by atoms with Crippen molar-refractivity contribution in [3.05, 3.63) is 42.7 Å². The average molecular weight is 325 g/mol. The third-order valence-electron chi connectivity index (χ3n) is 3.94. The smallest absolute Gasteiger partial charge is 0.229 e. The lowest BCUT2D eigenvalue weighted by Gasteiger charge is -2.14. The Labute approximate surface area is 140 Å². The van der Waals surface area contributed by atoms with Gasteiger partial charge in [-0.2, -0.15) is 0 Å². The van der Waals surface area contributed by atoms with Crippen LogP contribution in [0, 0.1) is 5.92 Å². The van der Waals surface area contributed by atoms with E-state index in [0.29, 0.717) is 24.7 Å². The number of carbonyl (C=O) groups excluding carboxylic acids is 2. The highest BCUT2D eigenvalue weighted by Crippen LogP contribution is 2.21. The Balaban J connectivity index is 1.58. The fourth-order valence-corrected chi connectivity index (χ4v) is 2.63. The van der Waals surface area contributed by atoms with Crippen molar-refractivity contribution in [2.75, 3.05) is 23.7 Å². The van der Waals surface area contributed by atoms with Crippen LogP contribution >= 0.6 is 0 Å². The molecular formula is C17H19N5O2. The minimum Gasteiger partial charge on any atom is -0.342 e. The van der Waals surface area contributed by atoms with Gasteiger partial charge in [-0.3, -0.25) is 9.59 Å². The molecule has 0 aliphatic carbocycles. The topological polar surface area (TPSA) is 87.2 Å². The van der Waals surface area contributed by atoms with Crippen molar-refractivity contribution >= 4 is 29.1 Å². The molecule has 1 aromatic carbocycles. The van der Waals surface area contributed by atoms with E-state index in [4.69, 9.17) is 0 Å². The van der Waals surface area contributed by atoms with Gasteiger partial charge in [0.2, 0.25) is 17.8 Å². The van der Waals surface area contributed by atoms with Crippen molar-refractivity contribution in [1.29, 1.82) is 0 Å². The Bertz CT molecular complexity index is 718. The Morgan fingerprint density at radius 3 is 2.50 bits per heavy atom. The average Bonchev–Trinajstić information content (AvgIpc) is 2.99. The number of likely N-dealkylation sites (tertiary alicyclic amines) is 1. The number of benzene rings is 1. The van der Waals surface area contributed by atoms with Gasteiger partial charge in [0.1, 0.15) is 0 Å². The summed E-state index contributed by atoms with van der Waals surface area (Å²) >= 11 is 0. The lowest BCUT2D eigenvalue weighted by molar-refractivity contribution is -0.128. The van der Waals surface area contributed by atoms with Gasteiger partial charge in [0.05, 0.1) is 5.92 Å². The number of hydrogen-bond acceptors (Lipinski definition) is 5. The Kier molecular flexibility index (Phi) is 4.69. The van der Waals surface area contributed by atoms with Gasteiger partial charge in [-0.1, -0.05) is 0 Å². The van der Waals surface area contributed by atoms with E-state index in [-0.39, 0.29) is 24.2 Å². The highest BCUT2D eigenvalue weighted by molar-refractivity contribution is 5.97. The lowest BCUT2D eigenvalue weighted by Crippen LogP contribution is -2.28. The van der Waals surface area contributed by atoms with E-state index in [9.17, 15) is 9.59 Å². The second-order valence-corrected chi connectivity index (χ2v) is 5.60. The van der Waals surface area contributed by atoms with Gasteiger partial charge in [0.25, 0.3) is 0 Å². The van der Waals surface area contributed by atoms with Crippen molar-refractivity contribution in [3.8, 4) is 0 Å². The minimum absolute atomic E-state index is 0.0417. The SMILES string of the molecule is CCN1C[C@H](C(=O)Nc2ccc(Nc3ncccn3)cc2)CC1=O. The van der Waals surface area contributed by atoms with Crippen LogP contribution in [0.25, 0.3) is 0 Å². The van der Waals surface area contributed by atoms with Gasteiger partial charge in [-0.05, 0) is 37.3 Å². The van der Waals surface area contributed by atoms with E-state index in [2.05, 4.69) is 20.6 Å². The molecular weight excluding hydrogens is 306 g/mol. The molecule has 1 aliphatic rings. The molecule has 2 heterocycles. The second kappa shape index (κ2) is 7.08. The maximum absolute atomic E-state index is 12.3. The van der Waals surface area contributed by atoms with E-state index in [0.717, 1.165) is 5.69 Å². The van der Waals surface area contributed by atoms with Crippen molar-refractivity contribution in [2.24, 2.45) is 5.92 Å². The number of aromatic nitrogens is 2. The second-order valence-electron chi connectivity index (χ2n) is 5.60. The number of carbonyl (C=O) groups is 2. The third-order valence-corrected chi connectivity index (χ3v) is 3.94. The van der Waals surface area contributed by atoms with Crippen LogP contribution < -0.4 is 10.6 Å². The first-order valence-corrected chi connectivity index (χ1v) is 7.88. The molecule has 0 unspecified atom stereocenters. The van der Waals surface area contributed by atoms with Crippen LogP contribution in [-0.2, 0) is 9.59 Å². The van der Waals surface area contributed by atoms with Crippen LogP contribution in [0.3, 0.4) is 0 Å². The van der Waals surface area contributed by atoms with Crippen LogP contribution in [0.4, 0.5) is 17.3 Å². The summed E-state index contributed by atoms with van der Waals surface area (Å²) in [6.45, 7) is 3.05. The molecule has 2 amide bonds. The van der Waals surface area contributed by atoms with E-state index in [1.54, 1.807) is 35.5 Å². The molecule has 1 atom stereocenters. The van der Waals surface area contributed by atoms with Crippen LogP contribution in [-0.4, -0.2) is 39.8 Å². The summed E-state index contributed by atoms with van der Waals surface area (Å²) in [7, 11) is 0. The maximum Gasteiger partial charge on any atom is 0.229 e. The summed E-state index contributed by atoms with van der Waals surface area (Å²) in [4.78, 5) is 33.9. The van der Waals surface area contributed by atoms with Gasteiger partial charge in [0.15, 0.2) is 0 Å². The molecule has 1 aliphatic heterocycles. The standard InChI is InChI=1S/C17H19N5O2/c1-2-22-11-12(10-15(22)23)16(24)20-13-4-6-14(7-5-13)21-17-18-8-3-9-19-17/h3-9,12H,2,10-11H2,1H3,(H,20,24)(H,18,19,21)/t12-/m1/s1. The first kappa shape index (κ1) is 15.9. The number of anilines is 3. The molecule has 0 bridgehead atoms. The van der Waals surface area contributed by atoms with Crippen LogP contribution in [0.5, 0.6) is 0 Å². The van der Waals surface area contributed by atoms with Gasteiger partial charge in [-0.15, -0.1) is 0 Å². The van der Waals surface area contributed by atoms with E-state index in [1.807, 2.05) is 19.1 Å². The van der Waals surface area contributed by atoms with Crippen molar-refractivity contribution in [3.63, 3.8) is 0 Å². The summed E-state index contributed by atoms with van der Waals surface area (Å²) in [6, 6.07) is 9.03. The van der Waals surface area contributed by atoms with Gasteiger partial charge < -0.3 is 15.5 Å². The summed E-state index contributed by atoms with van der Waals surface area (Å²) in [5.41, 5.74) is 1.52. The normalized spacial score (nSPS) is 17.0. The molecule has 0 spiro atoms. The minimum atomic E-state index is -0.284. The molecule has 124 valence electrons. The third kappa shape index (κ3) is 3.68. The summed E-state index contributed by atoms with van der Waals surface area (Å²) in [5.74, 6) is 0.151. The molecule has 7 nitrogen and oxygen atoms in total. The Morgan fingerprint density at radius 1 is 1.21 bits per heavy atom. The zero-order valence-corrected chi connectivity index (χ0v) is 13.4. The number of nitrogens with zero attached hydrogens (tertiary/aromatic N) is 3. The molecule has 0 radical (unpaired) electrons. The van der Waals surface area contributed by atoms with E-state index in [1.165, 1.54) is 0 Å². The maximum atomic E-state index is 12.3. The fourth-order valence-electron chi connectivity index (χ4n) is 2.63. The highest BCUT2D eigenvalue weighted by Gasteiger charge is 2.33. The fraction of sp³-hybridized carbons (Fsp3) is 0.294. The molecule has 1 fully saturated rings. The van der Waals surface area contributed by atoms with Gasteiger partial charge >= 0.3 is 0 Å². The number of amides is 2. The van der Waals surface area contributed by atoms with Crippen LogP contribution in [0.2, 0.25) is 0 Å². The largest absolute Gasteiger partial charge is 0.342 e. The molecule has 24 heavy (non-hydrogen) atoms. The van der Waals surface area contributed by atoms with Crippen molar-refractivity contribution in [2.45, 2.75) is 13.3 Å². The molecule has 2 aromatic rings. The quantitative estimate of drug-likeness (QED) is 0.878. The Hall–Kier alpha value is -2.96. The molecule has 1 aromatic heterocycles. The highest BCUT2D eigenvalue weighted by atomic mass is 16.2. The predicted octanol–water partition coefficient (Wildman–Crippen LogP) is 2.03. The lowest BCUT2D eigenvalue weighted by atomic mass is 10.1. The predicted molar refractivity (Wildman–Crippen MR) is 90.7 cm³/mol. The molecule has 1 saturated heterocycles. The van der Waals surface area contributed by atoms with Gasteiger partial charge in [-0.25, -0.2) is 9.97 Å². The van der Waals surface area contributed by atoms with Gasteiger partial charge in [0, 0.05) is 43.3 Å². The molecule has 3 rings (SSSR count). The van der Waals surface area contributed by atoms with Crippen LogP contribution in [0.15, 0.2) is 42.7 Å². The monoisotopic (exact) mass is 325 g/mol. The number of rotatable bonds is 5.